The average molecular weight is 350 g/mol. The van der Waals surface area contributed by atoms with Gasteiger partial charge in [-0.1, -0.05) is 15.9 Å². The molecule has 0 aliphatic rings. The van der Waals surface area contributed by atoms with Crippen LogP contribution in [-0.4, -0.2) is 23.3 Å². The van der Waals surface area contributed by atoms with Gasteiger partial charge in [-0.2, -0.15) is 5.10 Å². The van der Waals surface area contributed by atoms with Gasteiger partial charge in [-0.3, -0.25) is 4.79 Å². The first-order valence-corrected chi connectivity index (χ1v) is 7.18. The molecule has 2 aromatic rings. The van der Waals surface area contributed by atoms with Gasteiger partial charge < -0.3 is 9.30 Å². The van der Waals surface area contributed by atoms with Gasteiger partial charge in [0.2, 0.25) is 0 Å². The van der Waals surface area contributed by atoms with Gasteiger partial charge in [-0.25, -0.2) is 5.43 Å². The third-order valence-corrected chi connectivity index (χ3v) is 3.51. The maximum atomic E-state index is 11.6. The highest BCUT2D eigenvalue weighted by Gasteiger charge is 2.02. The zero-order valence-corrected chi connectivity index (χ0v) is 13.4. The summed E-state index contributed by atoms with van der Waals surface area (Å²) in [6, 6.07) is 11.2. The summed E-state index contributed by atoms with van der Waals surface area (Å²) in [5, 5.41) is 3.91. The van der Waals surface area contributed by atoms with E-state index in [1.165, 1.54) is 0 Å². The van der Waals surface area contributed by atoms with Crippen molar-refractivity contribution in [3.05, 3.63) is 52.3 Å². The number of nitrogens with zero attached hydrogens (tertiary/aromatic N) is 2. The van der Waals surface area contributed by atoms with E-state index in [4.69, 9.17) is 4.74 Å². The fourth-order valence-electron chi connectivity index (χ4n) is 1.65. The smallest absolute Gasteiger partial charge is 0.277 e. The van der Waals surface area contributed by atoms with Crippen LogP contribution in [0.3, 0.4) is 0 Å². The molecular weight excluding hydrogens is 334 g/mol. The molecule has 0 radical (unpaired) electrons. The van der Waals surface area contributed by atoms with Crippen molar-refractivity contribution in [3.8, 4) is 5.75 Å². The van der Waals surface area contributed by atoms with E-state index in [2.05, 4.69) is 26.5 Å². The lowest BCUT2D eigenvalue weighted by atomic mass is 10.3. The summed E-state index contributed by atoms with van der Waals surface area (Å²) in [6.45, 7) is 1.92. The Morgan fingerprint density at radius 2 is 2.05 bits per heavy atom. The zero-order chi connectivity index (χ0) is 15.2. The van der Waals surface area contributed by atoms with Crippen LogP contribution in [-0.2, 0) is 11.8 Å². The van der Waals surface area contributed by atoms with Crippen molar-refractivity contribution in [3.63, 3.8) is 0 Å². The van der Waals surface area contributed by atoms with E-state index >= 15 is 0 Å². The molecule has 0 unspecified atom stereocenters. The number of carbonyl (C=O) groups excluding carboxylic acids is 1. The summed E-state index contributed by atoms with van der Waals surface area (Å²) in [5.41, 5.74) is 4.48. The van der Waals surface area contributed by atoms with Crippen molar-refractivity contribution in [2.24, 2.45) is 12.1 Å². The van der Waals surface area contributed by atoms with Gasteiger partial charge in [0.25, 0.3) is 5.91 Å². The number of halogens is 1. The minimum atomic E-state index is -0.305. The summed E-state index contributed by atoms with van der Waals surface area (Å²) in [4.78, 5) is 11.6. The van der Waals surface area contributed by atoms with Gasteiger partial charge in [0.1, 0.15) is 5.75 Å². The van der Waals surface area contributed by atoms with Crippen LogP contribution in [0.5, 0.6) is 5.75 Å². The van der Waals surface area contributed by atoms with E-state index in [1.54, 1.807) is 18.3 Å². The number of benzene rings is 1. The van der Waals surface area contributed by atoms with Gasteiger partial charge in [-0.15, -0.1) is 0 Å². The van der Waals surface area contributed by atoms with Crippen molar-refractivity contribution in [1.29, 1.82) is 0 Å². The van der Waals surface area contributed by atoms with Crippen molar-refractivity contribution in [1.82, 2.24) is 9.99 Å². The molecule has 6 heteroatoms. The number of carbonyl (C=O) groups is 1. The lowest BCUT2D eigenvalue weighted by Gasteiger charge is -2.05. The molecule has 0 fully saturated rings. The standard InChI is InChI=1S/C15H16BrN3O2/c1-11-3-6-13(19(11)2)9-17-18-15(20)10-21-14-7-4-12(16)5-8-14/h3-9H,10H2,1-2H3,(H,18,20)/b17-9+. The van der Waals surface area contributed by atoms with Crippen LogP contribution in [0.25, 0.3) is 0 Å². The second kappa shape index (κ2) is 7.08. The van der Waals surface area contributed by atoms with E-state index in [0.29, 0.717) is 5.75 Å². The maximum absolute atomic E-state index is 11.6. The second-order valence-electron chi connectivity index (χ2n) is 4.49. The van der Waals surface area contributed by atoms with Gasteiger partial charge in [0, 0.05) is 17.2 Å². The Labute approximate surface area is 131 Å². The number of hydrogen-bond acceptors (Lipinski definition) is 3. The monoisotopic (exact) mass is 349 g/mol. The summed E-state index contributed by atoms with van der Waals surface area (Å²) in [6.07, 6.45) is 1.60. The molecule has 0 saturated heterocycles. The lowest BCUT2D eigenvalue weighted by molar-refractivity contribution is -0.123. The van der Waals surface area contributed by atoms with Gasteiger partial charge in [0.05, 0.1) is 11.9 Å². The highest BCUT2D eigenvalue weighted by Crippen LogP contribution is 2.15. The Bertz CT molecular complexity index is 647. The summed E-state index contributed by atoms with van der Waals surface area (Å²) in [5.74, 6) is 0.329. The average Bonchev–Trinajstić information content (AvgIpc) is 2.79. The third-order valence-electron chi connectivity index (χ3n) is 2.98. The molecule has 1 N–H and O–H groups in total. The Kier molecular flexibility index (Phi) is 5.16. The molecule has 1 aromatic carbocycles. The number of aromatic nitrogens is 1. The van der Waals surface area contributed by atoms with Crippen LogP contribution in [0, 0.1) is 6.92 Å². The fraction of sp³-hybridized carbons (Fsp3) is 0.200. The largest absolute Gasteiger partial charge is 0.484 e. The first-order chi connectivity index (χ1) is 10.1. The van der Waals surface area contributed by atoms with E-state index in [0.717, 1.165) is 15.9 Å². The number of ether oxygens (including phenoxy) is 1. The molecule has 5 nitrogen and oxygen atoms in total. The minimum absolute atomic E-state index is 0.0782. The molecule has 1 amide bonds. The van der Waals surface area contributed by atoms with E-state index in [-0.39, 0.29) is 12.5 Å². The van der Waals surface area contributed by atoms with E-state index < -0.39 is 0 Å². The van der Waals surface area contributed by atoms with Crippen LogP contribution >= 0.6 is 15.9 Å². The number of hydrogen-bond donors (Lipinski definition) is 1. The highest BCUT2D eigenvalue weighted by molar-refractivity contribution is 9.10. The molecule has 21 heavy (non-hydrogen) atoms. The molecule has 0 spiro atoms. The normalized spacial score (nSPS) is 10.8. The number of rotatable bonds is 5. The molecular formula is C15H16BrN3O2. The topological polar surface area (TPSA) is 55.6 Å². The number of nitrogens with one attached hydrogen (secondary N) is 1. The van der Waals surface area contributed by atoms with E-state index in [9.17, 15) is 4.79 Å². The van der Waals surface area contributed by atoms with Crippen LogP contribution in [0.1, 0.15) is 11.4 Å². The Morgan fingerprint density at radius 3 is 2.67 bits per heavy atom. The van der Waals surface area contributed by atoms with Crippen molar-refractivity contribution < 1.29 is 9.53 Å². The van der Waals surface area contributed by atoms with Gasteiger partial charge in [0.15, 0.2) is 6.61 Å². The zero-order valence-electron chi connectivity index (χ0n) is 11.8. The predicted octanol–water partition coefficient (Wildman–Crippen LogP) is 2.63. The predicted molar refractivity (Wildman–Crippen MR) is 85.5 cm³/mol. The SMILES string of the molecule is Cc1ccc(/C=N/NC(=O)COc2ccc(Br)cc2)n1C. The summed E-state index contributed by atoms with van der Waals surface area (Å²) >= 11 is 3.33. The molecule has 0 aliphatic carbocycles. The van der Waals surface area contributed by atoms with Crippen molar-refractivity contribution in [2.45, 2.75) is 6.92 Å². The molecule has 0 saturated carbocycles. The van der Waals surface area contributed by atoms with Crippen molar-refractivity contribution >= 4 is 28.1 Å². The Balaban J connectivity index is 1.79. The maximum Gasteiger partial charge on any atom is 0.277 e. The quantitative estimate of drug-likeness (QED) is 0.666. The summed E-state index contributed by atoms with van der Waals surface area (Å²) in [7, 11) is 1.94. The number of aryl methyl sites for hydroxylation is 1. The summed E-state index contributed by atoms with van der Waals surface area (Å²) < 4.78 is 8.28. The highest BCUT2D eigenvalue weighted by atomic mass is 79.9. The molecule has 2 rings (SSSR count). The van der Waals surface area contributed by atoms with Crippen LogP contribution in [0.15, 0.2) is 46.0 Å². The van der Waals surface area contributed by atoms with Crippen LogP contribution in [0.2, 0.25) is 0 Å². The lowest BCUT2D eigenvalue weighted by Crippen LogP contribution is -2.24. The molecule has 0 atom stereocenters. The molecule has 110 valence electrons. The fourth-order valence-corrected chi connectivity index (χ4v) is 1.91. The molecule has 1 aromatic heterocycles. The van der Waals surface area contributed by atoms with E-state index in [1.807, 2.05) is 42.8 Å². The van der Waals surface area contributed by atoms with Gasteiger partial charge in [-0.05, 0) is 43.3 Å². The second-order valence-corrected chi connectivity index (χ2v) is 5.41. The Hall–Kier alpha value is -2.08. The van der Waals surface area contributed by atoms with Crippen LogP contribution < -0.4 is 10.2 Å². The number of amides is 1. The minimum Gasteiger partial charge on any atom is -0.484 e. The Morgan fingerprint density at radius 1 is 1.33 bits per heavy atom. The van der Waals surface area contributed by atoms with Gasteiger partial charge >= 0.3 is 0 Å². The first kappa shape index (κ1) is 15.3. The van der Waals surface area contributed by atoms with Crippen molar-refractivity contribution in [2.75, 3.05) is 6.61 Å². The first-order valence-electron chi connectivity index (χ1n) is 6.39. The third kappa shape index (κ3) is 4.46. The van der Waals surface area contributed by atoms with Crippen LogP contribution in [0.4, 0.5) is 0 Å². The molecule has 1 heterocycles. The molecule has 0 aliphatic heterocycles. The molecule has 0 bridgehead atoms. The number of hydrazone groups is 1.